The van der Waals surface area contributed by atoms with Crippen molar-refractivity contribution in [2.24, 2.45) is 0 Å². The number of aromatic nitrogens is 4. The molecule has 0 spiro atoms. The highest BCUT2D eigenvalue weighted by Crippen LogP contribution is 2.26. The van der Waals surface area contributed by atoms with Crippen LogP contribution in [0.15, 0.2) is 82.2 Å². The molecule has 0 unspecified atom stereocenters. The molecule has 0 fully saturated rings. The predicted molar refractivity (Wildman–Crippen MR) is 142 cm³/mol. The van der Waals surface area contributed by atoms with Crippen molar-refractivity contribution in [2.45, 2.75) is 19.0 Å². The van der Waals surface area contributed by atoms with E-state index in [-0.39, 0.29) is 17.2 Å². The SMILES string of the molecule is Cc1ccc(-c2csc(NC(=O)CSc3nc4ccccc4c(=O)n3-c3ccc(C)cn3)n2)cc1. The summed E-state index contributed by atoms with van der Waals surface area (Å²) in [5, 5.41) is 6.19. The van der Waals surface area contributed by atoms with Gasteiger partial charge in [-0.1, -0.05) is 59.8 Å². The minimum absolute atomic E-state index is 0.0656. The highest BCUT2D eigenvalue weighted by atomic mass is 32.2. The molecule has 174 valence electrons. The average Bonchev–Trinajstić information content (AvgIpc) is 3.32. The number of hydrogen-bond acceptors (Lipinski definition) is 7. The molecule has 0 bridgehead atoms. The lowest BCUT2D eigenvalue weighted by Crippen LogP contribution is -2.23. The number of thioether (sulfide) groups is 1. The first-order valence-electron chi connectivity index (χ1n) is 10.9. The van der Waals surface area contributed by atoms with Crippen LogP contribution in [0.1, 0.15) is 11.1 Å². The van der Waals surface area contributed by atoms with Gasteiger partial charge in [0.2, 0.25) is 5.91 Å². The summed E-state index contributed by atoms with van der Waals surface area (Å²) in [6.45, 7) is 3.97. The number of amides is 1. The highest BCUT2D eigenvalue weighted by molar-refractivity contribution is 7.99. The molecule has 9 heteroatoms. The van der Waals surface area contributed by atoms with E-state index in [4.69, 9.17) is 0 Å². The molecule has 1 N–H and O–H groups in total. The molecule has 0 atom stereocenters. The van der Waals surface area contributed by atoms with Crippen LogP contribution in [-0.2, 0) is 4.79 Å². The Balaban J connectivity index is 1.37. The summed E-state index contributed by atoms with van der Waals surface area (Å²) < 4.78 is 1.46. The maximum absolute atomic E-state index is 13.3. The summed E-state index contributed by atoms with van der Waals surface area (Å²) >= 11 is 2.55. The standard InChI is InChI=1S/C26H21N5O2S2/c1-16-7-10-18(11-8-16)21-14-34-25(28-21)30-23(32)15-35-26-29-20-6-4-3-5-19(20)24(33)31(26)22-12-9-17(2)13-27-22/h3-14H,15H2,1-2H3,(H,28,30,32). The van der Waals surface area contributed by atoms with Gasteiger partial charge in [0.05, 0.1) is 22.3 Å². The highest BCUT2D eigenvalue weighted by Gasteiger charge is 2.16. The maximum atomic E-state index is 13.3. The molecular formula is C26H21N5O2S2. The van der Waals surface area contributed by atoms with Gasteiger partial charge in [0.25, 0.3) is 5.56 Å². The number of aryl methyl sites for hydroxylation is 2. The van der Waals surface area contributed by atoms with Crippen molar-refractivity contribution < 1.29 is 4.79 Å². The van der Waals surface area contributed by atoms with Crippen molar-refractivity contribution in [3.05, 3.63) is 93.7 Å². The van der Waals surface area contributed by atoms with Crippen molar-refractivity contribution in [2.75, 3.05) is 11.1 Å². The monoisotopic (exact) mass is 499 g/mol. The fraction of sp³-hybridized carbons (Fsp3) is 0.115. The van der Waals surface area contributed by atoms with Gasteiger partial charge in [-0.25, -0.2) is 19.5 Å². The molecule has 7 nitrogen and oxygen atoms in total. The second-order valence-corrected chi connectivity index (χ2v) is 9.79. The molecule has 0 aliphatic rings. The number of carbonyl (C=O) groups is 1. The van der Waals surface area contributed by atoms with Crippen LogP contribution >= 0.6 is 23.1 Å². The summed E-state index contributed by atoms with van der Waals surface area (Å²) in [6, 6.07) is 18.9. The summed E-state index contributed by atoms with van der Waals surface area (Å²) in [7, 11) is 0. The zero-order valence-electron chi connectivity index (χ0n) is 19.1. The van der Waals surface area contributed by atoms with Gasteiger partial charge in [-0.15, -0.1) is 11.3 Å². The number of para-hydroxylation sites is 1. The number of nitrogens with zero attached hydrogens (tertiary/aromatic N) is 4. The Labute approximate surface area is 209 Å². The smallest absolute Gasteiger partial charge is 0.267 e. The predicted octanol–water partition coefficient (Wildman–Crippen LogP) is 5.25. The van der Waals surface area contributed by atoms with Crippen LogP contribution in [0.4, 0.5) is 5.13 Å². The minimum Gasteiger partial charge on any atom is -0.301 e. The number of fused-ring (bicyclic) bond motifs is 1. The molecule has 5 aromatic rings. The van der Waals surface area contributed by atoms with Gasteiger partial charge in [0, 0.05) is 17.1 Å². The summed E-state index contributed by atoms with van der Waals surface area (Å²) in [5.41, 5.74) is 4.32. The van der Waals surface area contributed by atoms with Gasteiger partial charge < -0.3 is 5.32 Å². The molecule has 2 aromatic carbocycles. The van der Waals surface area contributed by atoms with Crippen LogP contribution in [0, 0.1) is 13.8 Å². The average molecular weight is 500 g/mol. The number of anilines is 1. The van der Waals surface area contributed by atoms with E-state index in [1.165, 1.54) is 33.2 Å². The molecular weight excluding hydrogens is 478 g/mol. The van der Waals surface area contributed by atoms with Crippen LogP contribution in [0.25, 0.3) is 28.0 Å². The van der Waals surface area contributed by atoms with Crippen molar-refractivity contribution in [3.8, 4) is 17.1 Å². The molecule has 0 radical (unpaired) electrons. The Bertz CT molecular complexity index is 1570. The Kier molecular flexibility index (Phi) is 6.43. The van der Waals surface area contributed by atoms with Crippen molar-refractivity contribution in [1.29, 1.82) is 0 Å². The number of rotatable bonds is 6. The first-order chi connectivity index (χ1) is 17.0. The third-order valence-corrected chi connectivity index (χ3v) is 7.00. The fourth-order valence-electron chi connectivity index (χ4n) is 3.48. The topological polar surface area (TPSA) is 89.8 Å². The summed E-state index contributed by atoms with van der Waals surface area (Å²) in [5.74, 6) is 0.297. The Morgan fingerprint density at radius 1 is 1.00 bits per heavy atom. The van der Waals surface area contributed by atoms with Gasteiger partial charge in [-0.05, 0) is 37.6 Å². The molecule has 0 aliphatic carbocycles. The lowest BCUT2D eigenvalue weighted by atomic mass is 10.1. The number of nitrogens with one attached hydrogen (secondary N) is 1. The van der Waals surface area contributed by atoms with Crippen LogP contribution in [0.2, 0.25) is 0 Å². The lowest BCUT2D eigenvalue weighted by molar-refractivity contribution is -0.113. The van der Waals surface area contributed by atoms with Crippen molar-refractivity contribution in [3.63, 3.8) is 0 Å². The normalized spacial score (nSPS) is 11.0. The number of benzene rings is 2. The van der Waals surface area contributed by atoms with E-state index in [0.29, 0.717) is 27.0 Å². The van der Waals surface area contributed by atoms with Crippen LogP contribution in [0.3, 0.4) is 0 Å². The van der Waals surface area contributed by atoms with Gasteiger partial charge >= 0.3 is 0 Å². The molecule has 5 rings (SSSR count). The first-order valence-corrected chi connectivity index (χ1v) is 12.7. The molecule has 0 saturated carbocycles. The number of carbonyl (C=O) groups excluding carboxylic acids is 1. The van der Waals surface area contributed by atoms with E-state index in [0.717, 1.165) is 16.8 Å². The largest absolute Gasteiger partial charge is 0.301 e. The number of thiazole rings is 1. The molecule has 3 heterocycles. The van der Waals surface area contributed by atoms with Crippen molar-refractivity contribution >= 4 is 45.0 Å². The fourth-order valence-corrected chi connectivity index (χ4v) is 5.01. The number of pyridine rings is 1. The second-order valence-electron chi connectivity index (χ2n) is 7.99. The van der Waals surface area contributed by atoms with Gasteiger partial charge in [0.15, 0.2) is 10.3 Å². The Hall–Kier alpha value is -3.82. The van der Waals surface area contributed by atoms with E-state index >= 15 is 0 Å². The zero-order chi connectivity index (χ0) is 24.4. The first kappa shape index (κ1) is 22.9. The molecule has 0 aliphatic heterocycles. The summed E-state index contributed by atoms with van der Waals surface area (Å²) in [6.07, 6.45) is 1.70. The molecule has 35 heavy (non-hydrogen) atoms. The van der Waals surface area contributed by atoms with Crippen LogP contribution in [0.5, 0.6) is 0 Å². The van der Waals surface area contributed by atoms with E-state index in [1.807, 2.05) is 55.6 Å². The third kappa shape index (κ3) is 5.01. The van der Waals surface area contributed by atoms with Crippen LogP contribution < -0.4 is 10.9 Å². The van der Waals surface area contributed by atoms with E-state index < -0.39 is 0 Å². The minimum atomic E-state index is -0.231. The van der Waals surface area contributed by atoms with Gasteiger partial charge in [0.1, 0.15) is 5.82 Å². The molecule has 3 aromatic heterocycles. The van der Waals surface area contributed by atoms with E-state index in [2.05, 4.69) is 20.3 Å². The second kappa shape index (κ2) is 9.81. The van der Waals surface area contributed by atoms with Gasteiger partial charge in [-0.3, -0.25) is 9.59 Å². The quantitative estimate of drug-likeness (QED) is 0.253. The number of hydrogen-bond donors (Lipinski definition) is 1. The zero-order valence-corrected chi connectivity index (χ0v) is 20.7. The van der Waals surface area contributed by atoms with Gasteiger partial charge in [-0.2, -0.15) is 0 Å². The van der Waals surface area contributed by atoms with E-state index in [9.17, 15) is 9.59 Å². The Morgan fingerprint density at radius 2 is 1.77 bits per heavy atom. The summed E-state index contributed by atoms with van der Waals surface area (Å²) in [4.78, 5) is 39.6. The van der Waals surface area contributed by atoms with E-state index in [1.54, 1.807) is 30.5 Å². The van der Waals surface area contributed by atoms with Crippen LogP contribution in [-0.4, -0.2) is 31.2 Å². The third-order valence-electron chi connectivity index (χ3n) is 5.30. The van der Waals surface area contributed by atoms with Crippen molar-refractivity contribution in [1.82, 2.24) is 19.5 Å². The molecule has 0 saturated heterocycles. The lowest BCUT2D eigenvalue weighted by Gasteiger charge is -2.12. The Morgan fingerprint density at radius 3 is 2.54 bits per heavy atom. The molecule has 1 amide bonds. The maximum Gasteiger partial charge on any atom is 0.267 e.